The summed E-state index contributed by atoms with van der Waals surface area (Å²) in [4.78, 5) is 7.48. The zero-order valence-electron chi connectivity index (χ0n) is 16.6. The van der Waals surface area contributed by atoms with Crippen LogP contribution in [0.2, 0.25) is 0 Å². The van der Waals surface area contributed by atoms with Crippen LogP contribution in [-0.4, -0.2) is 47.7 Å². The van der Waals surface area contributed by atoms with Gasteiger partial charge in [0.05, 0.1) is 6.54 Å². The Bertz CT molecular complexity index is 675. The number of phenolic OH excluding ortho intramolecular Hbond substituents is 1. The number of nitrogens with one attached hydrogen (secondary N) is 2. The number of rotatable bonds is 5. The SMILES string of the molecule is CCNC(=NCc1c(O)ccc2c1CCCC2)NC1CCN(C2CC2)CC1. The fraction of sp³-hybridized carbons (Fsp3) is 0.682. The number of phenols is 1. The van der Waals surface area contributed by atoms with E-state index in [0.717, 1.165) is 37.0 Å². The molecule has 1 heterocycles. The predicted octanol–water partition coefficient (Wildman–Crippen LogP) is 2.95. The quantitative estimate of drug-likeness (QED) is 0.551. The molecule has 0 atom stereocenters. The van der Waals surface area contributed by atoms with Gasteiger partial charge in [-0.2, -0.15) is 0 Å². The molecule has 1 saturated heterocycles. The molecule has 0 spiro atoms. The molecule has 27 heavy (non-hydrogen) atoms. The molecule has 2 aliphatic carbocycles. The lowest BCUT2D eigenvalue weighted by atomic mass is 9.88. The maximum absolute atomic E-state index is 10.4. The topological polar surface area (TPSA) is 59.9 Å². The van der Waals surface area contributed by atoms with Crippen LogP contribution in [0, 0.1) is 0 Å². The highest BCUT2D eigenvalue weighted by atomic mass is 16.3. The Hall–Kier alpha value is -1.75. The summed E-state index contributed by atoms with van der Waals surface area (Å²) in [7, 11) is 0. The summed E-state index contributed by atoms with van der Waals surface area (Å²) in [6.07, 6.45) is 9.83. The third-order valence-electron chi connectivity index (χ3n) is 6.30. The number of likely N-dealkylation sites (tertiary alicyclic amines) is 1. The molecule has 0 bridgehead atoms. The van der Waals surface area contributed by atoms with Crippen molar-refractivity contribution in [1.82, 2.24) is 15.5 Å². The first-order chi connectivity index (χ1) is 13.2. The zero-order valence-corrected chi connectivity index (χ0v) is 16.6. The van der Waals surface area contributed by atoms with Crippen LogP contribution >= 0.6 is 0 Å². The van der Waals surface area contributed by atoms with Crippen molar-refractivity contribution >= 4 is 5.96 Å². The van der Waals surface area contributed by atoms with Crippen molar-refractivity contribution in [2.75, 3.05) is 19.6 Å². The van der Waals surface area contributed by atoms with Crippen LogP contribution in [-0.2, 0) is 19.4 Å². The molecule has 5 heteroatoms. The molecule has 0 aromatic heterocycles. The summed E-state index contributed by atoms with van der Waals surface area (Å²) in [6, 6.07) is 5.31. The number of aromatic hydroxyl groups is 1. The van der Waals surface area contributed by atoms with Crippen LogP contribution in [0.25, 0.3) is 0 Å². The molecule has 1 saturated carbocycles. The zero-order chi connectivity index (χ0) is 18.6. The number of aliphatic imine (C=N–C) groups is 1. The standard InChI is InChI=1S/C22H34N4O/c1-2-23-22(25-17-11-13-26(14-12-17)18-8-9-18)24-15-20-19-6-4-3-5-16(19)7-10-21(20)27/h7,10,17-18,27H,2-6,8-9,11-15H2,1H3,(H2,23,24,25). The third-order valence-corrected chi connectivity index (χ3v) is 6.30. The van der Waals surface area contributed by atoms with E-state index in [-0.39, 0.29) is 0 Å². The fourth-order valence-corrected chi connectivity index (χ4v) is 4.59. The highest BCUT2D eigenvalue weighted by Gasteiger charge is 2.31. The number of benzene rings is 1. The maximum Gasteiger partial charge on any atom is 0.191 e. The Morgan fingerprint density at radius 3 is 2.67 bits per heavy atom. The first-order valence-electron chi connectivity index (χ1n) is 10.9. The van der Waals surface area contributed by atoms with E-state index in [1.54, 1.807) is 0 Å². The molecule has 3 aliphatic rings. The van der Waals surface area contributed by atoms with E-state index >= 15 is 0 Å². The van der Waals surface area contributed by atoms with E-state index in [1.807, 2.05) is 6.07 Å². The van der Waals surface area contributed by atoms with Gasteiger partial charge in [0.15, 0.2) is 5.96 Å². The van der Waals surface area contributed by atoms with Crippen molar-refractivity contribution in [3.05, 3.63) is 28.8 Å². The summed E-state index contributed by atoms with van der Waals surface area (Å²) in [6.45, 7) is 5.91. The lowest BCUT2D eigenvalue weighted by Crippen LogP contribution is -2.49. The summed E-state index contributed by atoms with van der Waals surface area (Å²) < 4.78 is 0. The van der Waals surface area contributed by atoms with Gasteiger partial charge in [0.1, 0.15) is 5.75 Å². The number of guanidine groups is 1. The molecule has 5 nitrogen and oxygen atoms in total. The van der Waals surface area contributed by atoms with Gasteiger partial charge >= 0.3 is 0 Å². The molecule has 2 fully saturated rings. The Balaban J connectivity index is 1.41. The van der Waals surface area contributed by atoms with Crippen LogP contribution in [0.3, 0.4) is 0 Å². The van der Waals surface area contributed by atoms with Crippen LogP contribution in [0.1, 0.15) is 62.1 Å². The highest BCUT2D eigenvalue weighted by Crippen LogP contribution is 2.31. The molecular formula is C22H34N4O. The molecular weight excluding hydrogens is 336 g/mol. The molecule has 4 rings (SSSR count). The number of hydrogen-bond acceptors (Lipinski definition) is 3. The average molecular weight is 371 g/mol. The van der Waals surface area contributed by atoms with Crippen molar-refractivity contribution in [2.24, 2.45) is 4.99 Å². The summed E-state index contributed by atoms with van der Waals surface area (Å²) in [5.74, 6) is 1.28. The molecule has 0 amide bonds. The Labute approximate surface area is 163 Å². The fourth-order valence-electron chi connectivity index (χ4n) is 4.59. The largest absolute Gasteiger partial charge is 0.508 e. The predicted molar refractivity (Wildman–Crippen MR) is 110 cm³/mol. The summed E-state index contributed by atoms with van der Waals surface area (Å²) in [5, 5.41) is 17.4. The van der Waals surface area contributed by atoms with Crippen LogP contribution in [0.4, 0.5) is 0 Å². The Morgan fingerprint density at radius 1 is 1.15 bits per heavy atom. The van der Waals surface area contributed by atoms with Gasteiger partial charge in [-0.05, 0) is 75.5 Å². The normalized spacial score (nSPS) is 21.7. The van der Waals surface area contributed by atoms with Gasteiger partial charge in [0.2, 0.25) is 0 Å². The smallest absolute Gasteiger partial charge is 0.191 e. The second-order valence-corrected chi connectivity index (χ2v) is 8.29. The van der Waals surface area contributed by atoms with Gasteiger partial charge in [0.25, 0.3) is 0 Å². The van der Waals surface area contributed by atoms with Gasteiger partial charge in [0, 0.05) is 37.3 Å². The maximum atomic E-state index is 10.4. The van der Waals surface area contributed by atoms with E-state index in [1.165, 1.54) is 62.7 Å². The first kappa shape index (κ1) is 18.6. The van der Waals surface area contributed by atoms with Crippen LogP contribution in [0.15, 0.2) is 17.1 Å². The van der Waals surface area contributed by atoms with E-state index in [4.69, 9.17) is 4.99 Å². The van der Waals surface area contributed by atoms with Crippen molar-refractivity contribution in [1.29, 1.82) is 0 Å². The van der Waals surface area contributed by atoms with E-state index < -0.39 is 0 Å². The molecule has 148 valence electrons. The second-order valence-electron chi connectivity index (χ2n) is 8.29. The molecule has 3 N–H and O–H groups in total. The van der Waals surface area contributed by atoms with Gasteiger partial charge < -0.3 is 20.6 Å². The molecule has 1 aliphatic heterocycles. The van der Waals surface area contributed by atoms with E-state index in [9.17, 15) is 5.11 Å². The van der Waals surface area contributed by atoms with Gasteiger partial charge in [-0.1, -0.05) is 6.07 Å². The van der Waals surface area contributed by atoms with Crippen molar-refractivity contribution in [3.8, 4) is 5.75 Å². The third kappa shape index (κ3) is 4.57. The lowest BCUT2D eigenvalue weighted by Gasteiger charge is -2.33. The Morgan fingerprint density at radius 2 is 1.93 bits per heavy atom. The van der Waals surface area contributed by atoms with Crippen molar-refractivity contribution < 1.29 is 5.11 Å². The number of aryl methyl sites for hydroxylation is 1. The number of fused-ring (bicyclic) bond motifs is 1. The summed E-state index contributed by atoms with van der Waals surface area (Å²) in [5.41, 5.74) is 3.75. The highest BCUT2D eigenvalue weighted by molar-refractivity contribution is 5.80. The first-order valence-corrected chi connectivity index (χ1v) is 10.9. The van der Waals surface area contributed by atoms with Gasteiger partial charge in [-0.3, -0.25) is 0 Å². The van der Waals surface area contributed by atoms with Gasteiger partial charge in [-0.25, -0.2) is 4.99 Å². The minimum Gasteiger partial charge on any atom is -0.508 e. The van der Waals surface area contributed by atoms with Gasteiger partial charge in [-0.15, -0.1) is 0 Å². The van der Waals surface area contributed by atoms with E-state index in [0.29, 0.717) is 18.3 Å². The van der Waals surface area contributed by atoms with Crippen molar-refractivity contribution in [2.45, 2.75) is 76.9 Å². The minimum atomic E-state index is 0.396. The van der Waals surface area contributed by atoms with E-state index in [2.05, 4.69) is 28.5 Å². The number of piperidine rings is 1. The van der Waals surface area contributed by atoms with Crippen LogP contribution in [0.5, 0.6) is 5.75 Å². The molecule has 1 aromatic carbocycles. The average Bonchev–Trinajstić information content (AvgIpc) is 3.53. The molecule has 0 unspecified atom stereocenters. The summed E-state index contributed by atoms with van der Waals surface area (Å²) >= 11 is 0. The monoisotopic (exact) mass is 370 g/mol. The lowest BCUT2D eigenvalue weighted by molar-refractivity contribution is 0.197. The second kappa shape index (κ2) is 8.51. The van der Waals surface area contributed by atoms with Crippen LogP contribution < -0.4 is 10.6 Å². The Kier molecular flexibility index (Phi) is 5.86. The number of hydrogen-bond donors (Lipinski definition) is 3. The minimum absolute atomic E-state index is 0.396. The molecule has 1 aromatic rings. The molecule has 0 radical (unpaired) electrons. The van der Waals surface area contributed by atoms with Crippen molar-refractivity contribution in [3.63, 3.8) is 0 Å². The number of nitrogens with zero attached hydrogens (tertiary/aromatic N) is 2.